The van der Waals surface area contributed by atoms with E-state index in [2.05, 4.69) is 223 Å². The lowest BCUT2D eigenvalue weighted by molar-refractivity contribution is 0.655. The van der Waals surface area contributed by atoms with Crippen LogP contribution in [0.5, 0.6) is 0 Å². The molecule has 0 saturated carbocycles. The normalized spacial score (nSPS) is 11.4. The van der Waals surface area contributed by atoms with Gasteiger partial charge in [0, 0.05) is 112 Å². The topological polar surface area (TPSA) is 194 Å². The molecule has 15 nitrogen and oxygen atoms in total. The Labute approximate surface area is 809 Å². The van der Waals surface area contributed by atoms with Gasteiger partial charge < -0.3 is 13.3 Å². The summed E-state index contributed by atoms with van der Waals surface area (Å²) < 4.78 is 19.5. The van der Waals surface area contributed by atoms with Gasteiger partial charge in [-0.15, -0.1) is 0 Å². The quantitative estimate of drug-likeness (QED) is 0.0940. The van der Waals surface area contributed by atoms with Crippen molar-refractivity contribution in [2.24, 2.45) is 0 Å². The van der Waals surface area contributed by atoms with Gasteiger partial charge in [0.2, 0.25) is 5.71 Å². The van der Waals surface area contributed by atoms with Crippen molar-refractivity contribution < 1.29 is 13.3 Å². The van der Waals surface area contributed by atoms with Crippen LogP contribution in [-0.2, 0) is 0 Å². The molecule has 0 bridgehead atoms. The number of aromatic nitrogens is 12. The number of rotatable bonds is 15. The van der Waals surface area contributed by atoms with Gasteiger partial charge in [0.15, 0.2) is 52.4 Å². The highest BCUT2D eigenvalue weighted by Gasteiger charge is 2.25. The molecule has 660 valence electrons. The Hall–Kier alpha value is -19.4. The third-order valence-corrected chi connectivity index (χ3v) is 25.6. The van der Waals surface area contributed by atoms with Crippen LogP contribution in [0.25, 0.3) is 268 Å². The predicted octanol–water partition coefficient (Wildman–Crippen LogP) is 32.0. The Balaban J connectivity index is 0.000000111. The fourth-order valence-corrected chi connectivity index (χ4v) is 18.6. The van der Waals surface area contributed by atoms with Crippen molar-refractivity contribution in [3.05, 3.63) is 473 Å². The summed E-state index contributed by atoms with van der Waals surface area (Å²) in [7, 11) is 0. The van der Waals surface area contributed by atoms with Crippen LogP contribution in [-0.4, -0.2) is 59.8 Å². The lowest BCUT2D eigenvalue weighted by atomic mass is 9.93. The zero-order chi connectivity index (χ0) is 93.5. The highest BCUT2D eigenvalue weighted by molar-refractivity contribution is 6.19. The van der Waals surface area contributed by atoms with E-state index < -0.39 is 0 Å². The van der Waals surface area contributed by atoms with Crippen LogP contribution in [0.2, 0.25) is 0 Å². The molecule has 9 aromatic heterocycles. The van der Waals surface area contributed by atoms with Crippen molar-refractivity contribution in [1.29, 1.82) is 0 Å². The fraction of sp³-hybridized carbons (Fsp3) is 0. The van der Waals surface area contributed by atoms with Crippen molar-refractivity contribution in [2.45, 2.75) is 0 Å². The summed E-state index contributed by atoms with van der Waals surface area (Å²) in [4.78, 5) is 58.9. The van der Waals surface area contributed by atoms with Gasteiger partial charge in [0.25, 0.3) is 0 Å². The molecule has 0 atom stereocenters. The highest BCUT2D eigenvalue weighted by atomic mass is 16.3. The molecule has 0 unspecified atom stereocenters. The zero-order valence-electron chi connectivity index (χ0n) is 75.6. The van der Waals surface area contributed by atoms with E-state index in [1.165, 1.54) is 0 Å². The first-order valence-corrected chi connectivity index (χ1v) is 46.7. The maximum absolute atomic E-state index is 6.52. The third kappa shape index (κ3) is 16.6. The van der Waals surface area contributed by atoms with Crippen molar-refractivity contribution in [3.63, 3.8) is 0 Å². The van der Waals surface area contributed by atoms with E-state index in [0.717, 1.165) is 210 Å². The van der Waals surface area contributed by atoms with Crippen LogP contribution in [0, 0.1) is 0 Å². The maximum Gasteiger partial charge on any atom is 0.228 e. The SMILES string of the molecule is c1ccc(-c2cc(-c3ccc(-c4nc(-c5ccccc5)nc(-c5ccccc5)n4)cc3)c3c(c2)oc2cc4ncccc4cc23)cc1.c1ccc(-c2cc(-c3ccc(-c4nc(-c5ccccc5)nc(-c5ccccc5)n4)cc3)c3c(n2)oc2cc4ccccc4cc23)cc1.c1ccc(-c2cc3oc4cc5ccccc5cc4c3c(-c3ccc(-c4nc(-c5ccccc5)nc(-c5ccccc5)n4)cc3)n2)cc1. The van der Waals surface area contributed by atoms with E-state index in [-0.39, 0.29) is 0 Å². The largest absolute Gasteiger partial charge is 0.456 e. The molecule has 0 aliphatic rings. The summed E-state index contributed by atoms with van der Waals surface area (Å²) >= 11 is 0. The molecule has 0 spiro atoms. The minimum absolute atomic E-state index is 0.612. The first-order valence-electron chi connectivity index (χ1n) is 46.7. The number of pyridine rings is 3. The van der Waals surface area contributed by atoms with Crippen LogP contribution in [0.15, 0.2) is 487 Å². The van der Waals surface area contributed by atoms with E-state index in [1.54, 1.807) is 0 Å². The molecule has 0 aliphatic heterocycles. The average Bonchev–Trinajstić information content (AvgIpc) is 1.53. The predicted molar refractivity (Wildman–Crippen MR) is 569 cm³/mol. The van der Waals surface area contributed by atoms with Crippen molar-refractivity contribution in [3.8, 4) is 170 Å². The van der Waals surface area contributed by atoms with E-state index in [0.29, 0.717) is 58.1 Å². The maximum atomic E-state index is 6.52. The van der Waals surface area contributed by atoms with Crippen LogP contribution in [0.3, 0.4) is 0 Å². The molecule has 0 radical (unpaired) electrons. The van der Waals surface area contributed by atoms with Gasteiger partial charge in [0.1, 0.15) is 27.9 Å². The van der Waals surface area contributed by atoms with Crippen LogP contribution < -0.4 is 0 Å². The van der Waals surface area contributed by atoms with Gasteiger partial charge in [-0.2, -0.15) is 0 Å². The van der Waals surface area contributed by atoms with E-state index >= 15 is 0 Å². The summed E-state index contributed by atoms with van der Waals surface area (Å²) in [6.45, 7) is 0. The summed E-state index contributed by atoms with van der Waals surface area (Å²) in [5.74, 6) is 5.68. The second-order valence-corrected chi connectivity index (χ2v) is 34.5. The first-order chi connectivity index (χ1) is 69.8. The smallest absolute Gasteiger partial charge is 0.228 e. The molecule has 141 heavy (non-hydrogen) atoms. The second-order valence-electron chi connectivity index (χ2n) is 34.5. The van der Waals surface area contributed by atoms with Crippen molar-refractivity contribution >= 4 is 98.4 Å². The molecule has 27 aromatic rings. The minimum Gasteiger partial charge on any atom is -0.456 e. The van der Waals surface area contributed by atoms with Gasteiger partial charge in [-0.1, -0.05) is 400 Å². The molecule has 27 rings (SSSR count). The monoisotopic (exact) mass is 1810 g/mol. The Morgan fingerprint density at radius 3 is 0.837 bits per heavy atom. The molecule has 0 saturated heterocycles. The Morgan fingerprint density at radius 2 is 0.440 bits per heavy atom. The molecule has 0 aliphatic carbocycles. The van der Waals surface area contributed by atoms with Crippen molar-refractivity contribution in [1.82, 2.24) is 59.8 Å². The van der Waals surface area contributed by atoms with Crippen LogP contribution in [0.1, 0.15) is 0 Å². The zero-order valence-corrected chi connectivity index (χ0v) is 75.6. The molecule has 0 N–H and O–H groups in total. The summed E-state index contributed by atoms with van der Waals surface area (Å²) in [6.07, 6.45) is 1.81. The average molecular weight is 1810 g/mol. The Bertz CT molecular complexity index is 8320. The number of furan rings is 3. The van der Waals surface area contributed by atoms with Gasteiger partial charge in [-0.25, -0.2) is 54.8 Å². The second kappa shape index (κ2) is 36.4. The summed E-state index contributed by atoms with van der Waals surface area (Å²) in [5.41, 5.74) is 26.2. The Morgan fingerprint density at radius 1 is 0.156 bits per heavy atom. The first kappa shape index (κ1) is 83.4. The third-order valence-electron chi connectivity index (χ3n) is 25.6. The van der Waals surface area contributed by atoms with Crippen LogP contribution in [0.4, 0.5) is 0 Å². The number of fused-ring (bicyclic) bond motifs is 12. The molecule has 18 aromatic carbocycles. The highest BCUT2D eigenvalue weighted by Crippen LogP contribution is 2.46. The van der Waals surface area contributed by atoms with Gasteiger partial charge in [-0.05, 0) is 110 Å². The van der Waals surface area contributed by atoms with E-state index in [1.807, 2.05) is 255 Å². The Kier molecular flexibility index (Phi) is 21.6. The minimum atomic E-state index is 0.612. The van der Waals surface area contributed by atoms with Crippen molar-refractivity contribution in [2.75, 3.05) is 0 Å². The number of benzene rings is 18. The lowest BCUT2D eigenvalue weighted by Gasteiger charge is -2.11. The fourth-order valence-electron chi connectivity index (χ4n) is 18.6. The number of nitrogens with zero attached hydrogens (tertiary/aromatic N) is 12. The van der Waals surface area contributed by atoms with Gasteiger partial charge >= 0.3 is 0 Å². The van der Waals surface area contributed by atoms with Gasteiger partial charge in [-0.3, -0.25) is 4.98 Å². The lowest BCUT2D eigenvalue weighted by Crippen LogP contribution is -2.00. The van der Waals surface area contributed by atoms with E-state index in [9.17, 15) is 0 Å². The molecule has 0 amide bonds. The van der Waals surface area contributed by atoms with E-state index in [4.69, 9.17) is 68.1 Å². The molecular formula is C126H78N12O3. The summed E-state index contributed by atoms with van der Waals surface area (Å²) in [5, 5.41) is 11.9. The molecular weight excluding hydrogens is 1730 g/mol. The molecule has 9 heterocycles. The standard InChI is InChI=1S/3C42H26N4O/c1-4-12-28(13-5-1)36-26-34(38-35-24-32-18-10-11-19-33(32)25-37(35)47-42(38)43-36)27-20-22-31(23-21-27)41-45-39(29-14-6-2-7-15-29)44-40(46-41)30-16-8-3-9-17-30;1-4-12-27(13-5-1)35-26-37-38(34-24-32-18-10-11-19-33(32)25-36(34)47-37)39(43-35)28-20-22-31(23-21-28)42-45-40(29-14-6-2-7-15-29)44-41(46-42)30-16-8-3-9-17-30;1-4-11-27(12-5-1)33-24-34(39-35-23-32-17-10-22-43-36(32)26-37(35)47-38(39)25-33)28-18-20-31(21-19-28)42-45-40(29-13-6-2-7-14-29)44-41(46-42)30-15-8-3-9-16-30/h3*1-26H. The molecule has 0 fully saturated rings. The molecule has 15 heteroatoms. The summed E-state index contributed by atoms with van der Waals surface area (Å²) in [6, 6.07) is 159. The number of hydrogen-bond donors (Lipinski definition) is 0. The van der Waals surface area contributed by atoms with Crippen LogP contribution >= 0.6 is 0 Å². The number of hydrogen-bond acceptors (Lipinski definition) is 15. The van der Waals surface area contributed by atoms with Gasteiger partial charge in [0.05, 0.1) is 33.4 Å².